The Hall–Kier alpha value is -3.99. The average Bonchev–Trinajstić information content (AvgIpc) is 3.65. The molecule has 0 spiro atoms. The number of rotatable bonds is 5. The topological polar surface area (TPSA) is 71.1 Å². The predicted octanol–water partition coefficient (Wildman–Crippen LogP) is 5.50. The van der Waals surface area contributed by atoms with E-state index >= 15 is 0 Å². The summed E-state index contributed by atoms with van der Waals surface area (Å²) in [6.07, 6.45) is 1.89. The number of benzene rings is 3. The van der Waals surface area contributed by atoms with Gasteiger partial charge in [0.05, 0.1) is 16.8 Å². The fourth-order valence-corrected chi connectivity index (χ4v) is 3.58. The maximum Gasteiger partial charge on any atom is 0.256 e. The Morgan fingerprint density at radius 2 is 1.48 bits per heavy atom. The van der Waals surface area contributed by atoms with E-state index in [2.05, 4.69) is 10.6 Å². The Balaban J connectivity index is 1.46. The third-order valence-corrected chi connectivity index (χ3v) is 5.37. The number of carbonyl (C=O) groups excluding carboxylic acids is 2. The number of pyridine rings is 1. The highest BCUT2D eigenvalue weighted by atomic mass is 16.2. The summed E-state index contributed by atoms with van der Waals surface area (Å²) in [6, 6.07) is 26.5. The van der Waals surface area contributed by atoms with Crippen LogP contribution in [0.1, 0.15) is 23.2 Å². The van der Waals surface area contributed by atoms with Gasteiger partial charge in [-0.1, -0.05) is 54.6 Å². The largest absolute Gasteiger partial charge is 0.326 e. The number of anilines is 2. The molecule has 5 rings (SSSR count). The van der Waals surface area contributed by atoms with Crippen LogP contribution in [0.5, 0.6) is 0 Å². The molecule has 0 saturated heterocycles. The first kappa shape index (κ1) is 19.0. The fourth-order valence-electron chi connectivity index (χ4n) is 3.58. The van der Waals surface area contributed by atoms with Gasteiger partial charge in [-0.3, -0.25) is 9.59 Å². The van der Waals surface area contributed by atoms with Gasteiger partial charge in [-0.2, -0.15) is 0 Å². The van der Waals surface area contributed by atoms with Crippen molar-refractivity contribution in [3.63, 3.8) is 0 Å². The van der Waals surface area contributed by atoms with E-state index in [-0.39, 0.29) is 17.7 Å². The number of hydrogen-bond acceptors (Lipinski definition) is 3. The summed E-state index contributed by atoms with van der Waals surface area (Å²) >= 11 is 0. The van der Waals surface area contributed by atoms with E-state index < -0.39 is 0 Å². The maximum absolute atomic E-state index is 13.2. The zero-order chi connectivity index (χ0) is 21.2. The van der Waals surface area contributed by atoms with Crippen LogP contribution in [0.4, 0.5) is 11.4 Å². The molecule has 1 saturated carbocycles. The van der Waals surface area contributed by atoms with Crippen LogP contribution in [-0.2, 0) is 4.79 Å². The van der Waals surface area contributed by atoms with Crippen LogP contribution in [-0.4, -0.2) is 16.8 Å². The lowest BCUT2D eigenvalue weighted by atomic mass is 10.0. The molecular weight excluding hydrogens is 386 g/mol. The molecule has 4 aromatic rings. The van der Waals surface area contributed by atoms with Crippen LogP contribution < -0.4 is 10.6 Å². The predicted molar refractivity (Wildman–Crippen MR) is 123 cm³/mol. The smallest absolute Gasteiger partial charge is 0.256 e. The van der Waals surface area contributed by atoms with E-state index in [1.165, 1.54) is 0 Å². The van der Waals surface area contributed by atoms with Crippen LogP contribution in [0.2, 0.25) is 0 Å². The molecule has 5 nitrogen and oxygen atoms in total. The fraction of sp³-hybridized carbons (Fsp3) is 0.115. The summed E-state index contributed by atoms with van der Waals surface area (Å²) in [4.78, 5) is 30.0. The van der Waals surface area contributed by atoms with E-state index in [0.29, 0.717) is 16.9 Å². The van der Waals surface area contributed by atoms with Crippen molar-refractivity contribution in [2.24, 2.45) is 5.92 Å². The SMILES string of the molecule is O=C(Nc1cccc(NC(=O)C2CC2)c1)c1cc(-c2ccccc2)nc2ccccc12. The highest BCUT2D eigenvalue weighted by molar-refractivity contribution is 6.13. The van der Waals surface area contributed by atoms with Gasteiger partial charge in [-0.05, 0) is 43.2 Å². The Labute approximate surface area is 180 Å². The second kappa shape index (κ2) is 8.03. The van der Waals surface area contributed by atoms with Gasteiger partial charge in [0.1, 0.15) is 0 Å². The molecule has 0 radical (unpaired) electrons. The highest BCUT2D eigenvalue weighted by Crippen LogP contribution is 2.30. The summed E-state index contributed by atoms with van der Waals surface area (Å²) in [5.74, 6) is -0.0598. The molecule has 1 aliphatic rings. The molecule has 2 N–H and O–H groups in total. The molecule has 2 amide bonds. The van der Waals surface area contributed by atoms with Crippen molar-refractivity contribution in [2.75, 3.05) is 10.6 Å². The number of para-hydroxylation sites is 1. The number of carbonyl (C=O) groups is 2. The summed E-state index contributed by atoms with van der Waals surface area (Å²) < 4.78 is 0. The Bertz CT molecular complexity index is 1280. The van der Waals surface area contributed by atoms with Crippen LogP contribution in [0, 0.1) is 5.92 Å². The molecule has 0 aliphatic heterocycles. The van der Waals surface area contributed by atoms with E-state index in [1.54, 1.807) is 6.07 Å². The number of nitrogens with one attached hydrogen (secondary N) is 2. The first-order valence-corrected chi connectivity index (χ1v) is 10.3. The van der Waals surface area contributed by atoms with Crippen molar-refractivity contribution < 1.29 is 9.59 Å². The van der Waals surface area contributed by atoms with Gasteiger partial charge in [-0.15, -0.1) is 0 Å². The highest BCUT2D eigenvalue weighted by Gasteiger charge is 2.29. The van der Waals surface area contributed by atoms with Crippen LogP contribution in [0.25, 0.3) is 22.2 Å². The molecule has 0 unspecified atom stereocenters. The monoisotopic (exact) mass is 407 g/mol. The summed E-state index contributed by atoms with van der Waals surface area (Å²) in [5.41, 5.74) is 4.32. The summed E-state index contributed by atoms with van der Waals surface area (Å²) in [7, 11) is 0. The van der Waals surface area contributed by atoms with Gasteiger partial charge >= 0.3 is 0 Å². The van der Waals surface area contributed by atoms with Gasteiger partial charge in [0.2, 0.25) is 5.91 Å². The van der Waals surface area contributed by atoms with Crippen molar-refractivity contribution in [2.45, 2.75) is 12.8 Å². The first-order valence-electron chi connectivity index (χ1n) is 10.3. The lowest BCUT2D eigenvalue weighted by Gasteiger charge is -2.12. The van der Waals surface area contributed by atoms with Crippen LogP contribution >= 0.6 is 0 Å². The van der Waals surface area contributed by atoms with Crippen LogP contribution in [0.3, 0.4) is 0 Å². The van der Waals surface area contributed by atoms with E-state index in [0.717, 1.165) is 35.0 Å². The minimum Gasteiger partial charge on any atom is -0.326 e. The minimum atomic E-state index is -0.221. The molecule has 1 aliphatic carbocycles. The van der Waals surface area contributed by atoms with Gasteiger partial charge in [-0.25, -0.2) is 4.98 Å². The molecule has 0 bridgehead atoms. The summed E-state index contributed by atoms with van der Waals surface area (Å²) in [6.45, 7) is 0. The standard InChI is InChI=1S/C26H21N3O2/c30-25(18-13-14-18)27-19-9-6-10-20(15-19)28-26(31)22-16-24(17-7-2-1-3-8-17)29-23-12-5-4-11-21(22)23/h1-12,15-16,18H,13-14H2,(H,27,30)(H,28,31). The van der Waals surface area contributed by atoms with Gasteiger partial charge in [0.25, 0.3) is 5.91 Å². The molecule has 1 aromatic heterocycles. The number of aromatic nitrogens is 1. The molecule has 3 aromatic carbocycles. The number of amides is 2. The third kappa shape index (κ3) is 4.16. The lowest BCUT2D eigenvalue weighted by Crippen LogP contribution is -2.15. The molecule has 152 valence electrons. The maximum atomic E-state index is 13.2. The Kier molecular flexibility index (Phi) is 4.92. The van der Waals surface area contributed by atoms with E-state index in [9.17, 15) is 9.59 Å². The number of hydrogen-bond donors (Lipinski definition) is 2. The van der Waals surface area contributed by atoms with Gasteiger partial charge in [0.15, 0.2) is 0 Å². The second-order valence-electron chi connectivity index (χ2n) is 7.74. The minimum absolute atomic E-state index is 0.0381. The second-order valence-corrected chi connectivity index (χ2v) is 7.74. The first-order chi connectivity index (χ1) is 15.2. The van der Waals surface area contributed by atoms with Crippen molar-refractivity contribution >= 4 is 34.1 Å². The Morgan fingerprint density at radius 3 is 2.26 bits per heavy atom. The van der Waals surface area contributed by atoms with Crippen molar-refractivity contribution in [3.8, 4) is 11.3 Å². The molecule has 5 heteroatoms. The van der Waals surface area contributed by atoms with Gasteiger partial charge in [0, 0.05) is 28.2 Å². The number of fused-ring (bicyclic) bond motifs is 1. The molecule has 1 heterocycles. The normalized spacial score (nSPS) is 13.0. The lowest BCUT2D eigenvalue weighted by molar-refractivity contribution is -0.117. The molecule has 0 atom stereocenters. The zero-order valence-electron chi connectivity index (χ0n) is 16.8. The van der Waals surface area contributed by atoms with Crippen molar-refractivity contribution in [1.82, 2.24) is 4.98 Å². The van der Waals surface area contributed by atoms with E-state index in [1.807, 2.05) is 78.9 Å². The number of nitrogens with zero attached hydrogens (tertiary/aromatic N) is 1. The Morgan fingerprint density at radius 1 is 0.774 bits per heavy atom. The molecule has 31 heavy (non-hydrogen) atoms. The van der Waals surface area contributed by atoms with Gasteiger partial charge < -0.3 is 10.6 Å². The van der Waals surface area contributed by atoms with E-state index in [4.69, 9.17) is 4.98 Å². The third-order valence-electron chi connectivity index (χ3n) is 5.37. The molecular formula is C26H21N3O2. The zero-order valence-corrected chi connectivity index (χ0v) is 16.8. The van der Waals surface area contributed by atoms with Crippen molar-refractivity contribution in [1.29, 1.82) is 0 Å². The summed E-state index contributed by atoms with van der Waals surface area (Å²) in [5, 5.41) is 6.68. The average molecular weight is 407 g/mol. The van der Waals surface area contributed by atoms with Crippen LogP contribution in [0.15, 0.2) is 84.9 Å². The quantitative estimate of drug-likeness (QED) is 0.459. The molecule has 1 fully saturated rings. The van der Waals surface area contributed by atoms with Crippen molar-refractivity contribution in [3.05, 3.63) is 90.5 Å².